The number of hydrogen-bond acceptors (Lipinski definition) is 5. The molecule has 6 rings (SSSR count). The third-order valence-corrected chi connectivity index (χ3v) is 6.87. The molecule has 0 radical (unpaired) electrons. The maximum Gasteiger partial charge on any atom is 0.258 e. The average molecular weight is 503 g/mol. The minimum atomic E-state index is -0.186. The molecule has 1 amide bonds. The molecule has 0 fully saturated rings. The van der Waals surface area contributed by atoms with Crippen LogP contribution in [0.4, 0.5) is 11.5 Å². The molecule has 0 atom stereocenters. The molecule has 5 aromatic rings. The van der Waals surface area contributed by atoms with E-state index in [9.17, 15) is 9.59 Å². The van der Waals surface area contributed by atoms with Gasteiger partial charge in [0.1, 0.15) is 5.82 Å². The van der Waals surface area contributed by atoms with E-state index in [-0.39, 0.29) is 11.5 Å². The minimum Gasteiger partial charge on any atom is -0.384 e. The van der Waals surface area contributed by atoms with Crippen LogP contribution in [0.2, 0.25) is 0 Å². The minimum absolute atomic E-state index is 0.0869. The molecular weight excluding hydrogens is 476 g/mol. The first kappa shape index (κ1) is 23.6. The Kier molecular flexibility index (Phi) is 6.19. The Morgan fingerprint density at radius 1 is 0.974 bits per heavy atom. The van der Waals surface area contributed by atoms with Crippen LogP contribution in [-0.4, -0.2) is 22.1 Å². The fourth-order valence-electron chi connectivity index (χ4n) is 4.87. The van der Waals surface area contributed by atoms with E-state index in [2.05, 4.69) is 10.3 Å². The van der Waals surface area contributed by atoms with E-state index in [0.29, 0.717) is 36.5 Å². The molecule has 7 heteroatoms. The lowest BCUT2D eigenvalue weighted by atomic mass is 10.0. The van der Waals surface area contributed by atoms with E-state index < -0.39 is 0 Å². The first-order chi connectivity index (χ1) is 18.5. The van der Waals surface area contributed by atoms with Gasteiger partial charge < -0.3 is 20.4 Å². The number of fused-ring (bicyclic) bond motifs is 2. The SMILES string of the molecule is Nc1cc(-c2ccc3c(=O)n(Cc4cccc(C(=O)Nc5ccc6c(c5)CCOC6)c4)ccc3c2)ccn1. The molecule has 7 nitrogen and oxygen atoms in total. The zero-order chi connectivity index (χ0) is 26.1. The number of ether oxygens (including phenoxy) is 1. The van der Waals surface area contributed by atoms with Gasteiger partial charge in [0.25, 0.3) is 11.5 Å². The van der Waals surface area contributed by atoms with Crippen LogP contribution >= 0.6 is 0 Å². The molecule has 0 saturated carbocycles. The topological polar surface area (TPSA) is 99.2 Å². The number of nitrogen functional groups attached to an aromatic ring is 1. The van der Waals surface area contributed by atoms with Gasteiger partial charge in [0, 0.05) is 29.0 Å². The summed E-state index contributed by atoms with van der Waals surface area (Å²) in [5.74, 6) is 0.265. The van der Waals surface area contributed by atoms with Crippen LogP contribution in [0.3, 0.4) is 0 Å². The third-order valence-electron chi connectivity index (χ3n) is 6.87. The summed E-state index contributed by atoms with van der Waals surface area (Å²) < 4.78 is 7.15. The van der Waals surface area contributed by atoms with Gasteiger partial charge in [0.05, 0.1) is 19.8 Å². The number of aromatic nitrogens is 2. The summed E-state index contributed by atoms with van der Waals surface area (Å²) >= 11 is 0. The Labute approximate surface area is 219 Å². The molecule has 3 heterocycles. The molecule has 2 aromatic heterocycles. The van der Waals surface area contributed by atoms with Crippen molar-refractivity contribution in [3.63, 3.8) is 0 Å². The van der Waals surface area contributed by atoms with Crippen LogP contribution in [-0.2, 0) is 24.3 Å². The second kappa shape index (κ2) is 9.95. The first-order valence-electron chi connectivity index (χ1n) is 12.5. The van der Waals surface area contributed by atoms with Gasteiger partial charge in [-0.05, 0) is 94.2 Å². The molecule has 1 aliphatic rings. The largest absolute Gasteiger partial charge is 0.384 e. The van der Waals surface area contributed by atoms with Gasteiger partial charge in [-0.1, -0.05) is 24.3 Å². The number of hydrogen-bond donors (Lipinski definition) is 2. The van der Waals surface area contributed by atoms with Gasteiger partial charge >= 0.3 is 0 Å². The van der Waals surface area contributed by atoms with E-state index in [1.807, 2.05) is 72.8 Å². The molecule has 0 saturated heterocycles. The van der Waals surface area contributed by atoms with Gasteiger partial charge in [0.2, 0.25) is 0 Å². The van der Waals surface area contributed by atoms with Crippen molar-refractivity contribution in [2.24, 2.45) is 0 Å². The Morgan fingerprint density at radius 2 is 1.87 bits per heavy atom. The maximum absolute atomic E-state index is 13.3. The van der Waals surface area contributed by atoms with Gasteiger partial charge in [-0.3, -0.25) is 9.59 Å². The molecule has 188 valence electrons. The number of benzene rings is 3. The number of rotatable bonds is 5. The van der Waals surface area contributed by atoms with Crippen LogP contribution in [0, 0.1) is 0 Å². The molecule has 0 aliphatic carbocycles. The Morgan fingerprint density at radius 3 is 2.76 bits per heavy atom. The quantitative estimate of drug-likeness (QED) is 0.352. The molecule has 0 spiro atoms. The highest BCUT2D eigenvalue weighted by atomic mass is 16.5. The van der Waals surface area contributed by atoms with E-state index in [1.165, 1.54) is 5.56 Å². The molecule has 1 aliphatic heterocycles. The van der Waals surface area contributed by atoms with Crippen LogP contribution in [0.15, 0.2) is 96.1 Å². The highest BCUT2D eigenvalue weighted by Gasteiger charge is 2.13. The number of pyridine rings is 2. The summed E-state index contributed by atoms with van der Waals surface area (Å²) in [6, 6.07) is 24.7. The summed E-state index contributed by atoms with van der Waals surface area (Å²) in [6.07, 6.45) is 4.30. The van der Waals surface area contributed by atoms with E-state index in [0.717, 1.165) is 39.7 Å². The molecule has 0 unspecified atom stereocenters. The molecular formula is C31H26N4O3. The number of nitrogens with zero attached hydrogens (tertiary/aromatic N) is 2. The zero-order valence-electron chi connectivity index (χ0n) is 20.7. The summed E-state index contributed by atoms with van der Waals surface area (Å²) in [7, 11) is 0. The normalized spacial score (nSPS) is 12.7. The van der Waals surface area contributed by atoms with Gasteiger partial charge in [-0.25, -0.2) is 4.98 Å². The fraction of sp³-hybridized carbons (Fsp3) is 0.129. The standard InChI is InChI=1S/C31H26N4O3/c32-29-17-22(8-11-33-29)21-5-7-28-24(15-21)9-12-35(31(28)37)18-20-2-1-3-25(14-20)30(36)34-27-6-4-26-19-38-13-10-23(26)16-27/h1-9,11-12,14-17H,10,13,18-19H2,(H2,32,33)(H,34,36). The van der Waals surface area contributed by atoms with E-state index >= 15 is 0 Å². The van der Waals surface area contributed by atoms with Crippen molar-refractivity contribution in [2.75, 3.05) is 17.7 Å². The summed E-state index contributed by atoms with van der Waals surface area (Å²) in [5, 5.41) is 4.48. The summed E-state index contributed by atoms with van der Waals surface area (Å²) in [6.45, 7) is 1.67. The second-order valence-electron chi connectivity index (χ2n) is 9.46. The highest BCUT2D eigenvalue weighted by molar-refractivity contribution is 6.04. The molecule has 38 heavy (non-hydrogen) atoms. The Hall–Kier alpha value is -4.75. The number of carbonyl (C=O) groups excluding carboxylic acids is 1. The molecule has 3 N–H and O–H groups in total. The lowest BCUT2D eigenvalue weighted by Gasteiger charge is -2.17. The highest BCUT2D eigenvalue weighted by Crippen LogP contribution is 2.24. The van der Waals surface area contributed by atoms with Crippen molar-refractivity contribution < 1.29 is 9.53 Å². The molecule has 0 bridgehead atoms. The van der Waals surface area contributed by atoms with Gasteiger partial charge in [-0.2, -0.15) is 0 Å². The Balaban J connectivity index is 1.22. The van der Waals surface area contributed by atoms with Crippen molar-refractivity contribution in [1.82, 2.24) is 9.55 Å². The van der Waals surface area contributed by atoms with Crippen LogP contribution < -0.4 is 16.6 Å². The average Bonchev–Trinajstić information content (AvgIpc) is 2.94. The zero-order valence-corrected chi connectivity index (χ0v) is 20.7. The van der Waals surface area contributed by atoms with Crippen LogP contribution in [0.1, 0.15) is 27.0 Å². The fourth-order valence-corrected chi connectivity index (χ4v) is 4.87. The van der Waals surface area contributed by atoms with Crippen molar-refractivity contribution in [3.8, 4) is 11.1 Å². The van der Waals surface area contributed by atoms with E-state index in [1.54, 1.807) is 23.0 Å². The lowest BCUT2D eigenvalue weighted by molar-refractivity contribution is 0.102. The predicted octanol–water partition coefficient (Wildman–Crippen LogP) is 5.02. The van der Waals surface area contributed by atoms with E-state index in [4.69, 9.17) is 10.5 Å². The smallest absolute Gasteiger partial charge is 0.258 e. The first-order valence-corrected chi connectivity index (χ1v) is 12.5. The number of amides is 1. The maximum atomic E-state index is 13.3. The predicted molar refractivity (Wildman–Crippen MR) is 149 cm³/mol. The second-order valence-corrected chi connectivity index (χ2v) is 9.46. The Bertz CT molecular complexity index is 1740. The van der Waals surface area contributed by atoms with Crippen LogP contribution in [0.25, 0.3) is 21.9 Å². The number of carbonyl (C=O) groups is 1. The summed E-state index contributed by atoms with van der Waals surface area (Å²) in [4.78, 5) is 30.3. The van der Waals surface area contributed by atoms with Gasteiger partial charge in [0.15, 0.2) is 0 Å². The number of nitrogens with one attached hydrogen (secondary N) is 1. The van der Waals surface area contributed by atoms with Gasteiger partial charge in [-0.15, -0.1) is 0 Å². The lowest BCUT2D eigenvalue weighted by Crippen LogP contribution is -2.20. The third kappa shape index (κ3) is 4.79. The van der Waals surface area contributed by atoms with Crippen molar-refractivity contribution in [2.45, 2.75) is 19.6 Å². The number of nitrogens with two attached hydrogens (primary N) is 1. The van der Waals surface area contributed by atoms with Crippen molar-refractivity contribution in [1.29, 1.82) is 0 Å². The van der Waals surface area contributed by atoms with Crippen molar-refractivity contribution >= 4 is 28.2 Å². The summed E-state index contributed by atoms with van der Waals surface area (Å²) in [5.41, 5.74) is 12.2. The van der Waals surface area contributed by atoms with Crippen molar-refractivity contribution in [3.05, 3.63) is 124 Å². The number of anilines is 2. The van der Waals surface area contributed by atoms with Crippen LogP contribution in [0.5, 0.6) is 0 Å². The molecule has 3 aromatic carbocycles. The monoisotopic (exact) mass is 502 g/mol.